The number of rotatable bonds is 3. The van der Waals surface area contributed by atoms with E-state index < -0.39 is 0 Å². The van der Waals surface area contributed by atoms with Crippen LogP contribution in [0.1, 0.15) is 42.6 Å². The summed E-state index contributed by atoms with van der Waals surface area (Å²) in [6.45, 7) is -0.250. The van der Waals surface area contributed by atoms with Gasteiger partial charge in [-0.15, -0.1) is 0 Å². The average Bonchev–Trinajstić information content (AvgIpc) is 3.39. The number of carboxylic acid groups (broad SMARTS) is 1. The van der Waals surface area contributed by atoms with Gasteiger partial charge in [-0.2, -0.15) is 5.10 Å². The fraction of sp³-hybridized carbons (Fsp3) is 0.409. The van der Waals surface area contributed by atoms with Crippen LogP contribution in [-0.4, -0.2) is 57.8 Å². The Balaban J connectivity index is 0.000000687. The fourth-order valence-corrected chi connectivity index (χ4v) is 4.78. The highest BCUT2D eigenvalue weighted by molar-refractivity contribution is 6.05. The van der Waals surface area contributed by atoms with Gasteiger partial charge in [-0.3, -0.25) is 14.7 Å². The third-order valence-corrected chi connectivity index (χ3v) is 6.31. The van der Waals surface area contributed by atoms with Crippen molar-refractivity contribution < 1.29 is 19.1 Å². The minimum absolute atomic E-state index is 0.0850. The van der Waals surface area contributed by atoms with E-state index in [2.05, 4.69) is 27.5 Å². The van der Waals surface area contributed by atoms with Crippen molar-refractivity contribution in [2.24, 2.45) is 0 Å². The van der Waals surface area contributed by atoms with E-state index in [-0.39, 0.29) is 18.4 Å². The number of benzene rings is 1. The Morgan fingerprint density at radius 3 is 2.67 bits per heavy atom. The van der Waals surface area contributed by atoms with Crippen molar-refractivity contribution in [3.05, 3.63) is 42.5 Å². The molecule has 2 atom stereocenters. The minimum atomic E-state index is -0.250. The SMILES string of the molecule is CN1C2CCCC1CC(NC(=O)c1n[nH]c3ccc(-c4ccoc4)cc13)C2.O=CO. The maximum Gasteiger partial charge on any atom is 0.290 e. The lowest BCUT2D eigenvalue weighted by Gasteiger charge is -2.47. The van der Waals surface area contributed by atoms with Crippen LogP contribution in [-0.2, 0) is 4.79 Å². The molecule has 0 radical (unpaired) electrons. The molecule has 0 saturated carbocycles. The molecule has 5 rings (SSSR count). The topological polar surface area (TPSA) is 111 Å². The molecule has 2 aromatic heterocycles. The van der Waals surface area contributed by atoms with Gasteiger partial charge in [0.15, 0.2) is 5.69 Å². The second-order valence-electron chi connectivity index (χ2n) is 8.00. The van der Waals surface area contributed by atoms with Crippen molar-refractivity contribution in [1.82, 2.24) is 20.4 Å². The number of amides is 1. The van der Waals surface area contributed by atoms with Gasteiger partial charge in [-0.05, 0) is 56.5 Å². The van der Waals surface area contributed by atoms with Crippen molar-refractivity contribution in [3.63, 3.8) is 0 Å². The number of hydrogen-bond acceptors (Lipinski definition) is 5. The predicted molar refractivity (Wildman–Crippen MR) is 112 cm³/mol. The summed E-state index contributed by atoms with van der Waals surface area (Å²) in [7, 11) is 2.23. The van der Waals surface area contributed by atoms with Crippen LogP contribution in [0.15, 0.2) is 41.2 Å². The van der Waals surface area contributed by atoms with Crippen molar-refractivity contribution in [2.75, 3.05) is 7.05 Å². The normalized spacial score (nSPS) is 23.4. The Morgan fingerprint density at radius 1 is 1.27 bits per heavy atom. The molecule has 0 spiro atoms. The highest BCUT2D eigenvalue weighted by atomic mass is 16.3. The summed E-state index contributed by atoms with van der Waals surface area (Å²) in [5.41, 5.74) is 3.35. The highest BCUT2D eigenvalue weighted by Crippen LogP contribution is 2.33. The molecule has 4 heterocycles. The second kappa shape index (κ2) is 8.71. The average molecular weight is 410 g/mol. The van der Waals surface area contributed by atoms with Crippen LogP contribution in [0.2, 0.25) is 0 Å². The Bertz CT molecular complexity index is 1000. The molecular formula is C22H26N4O4. The van der Waals surface area contributed by atoms with E-state index in [1.54, 1.807) is 12.5 Å². The quantitative estimate of drug-likeness (QED) is 0.572. The summed E-state index contributed by atoms with van der Waals surface area (Å²) < 4.78 is 5.18. The third kappa shape index (κ3) is 3.95. The van der Waals surface area contributed by atoms with E-state index in [0.717, 1.165) is 34.9 Å². The molecule has 0 aliphatic carbocycles. The van der Waals surface area contributed by atoms with Crippen LogP contribution < -0.4 is 5.32 Å². The zero-order valence-corrected chi connectivity index (χ0v) is 16.9. The number of carbonyl (C=O) groups excluding carboxylic acids is 1. The number of nitrogens with zero attached hydrogens (tertiary/aromatic N) is 2. The number of H-pyrrole nitrogens is 1. The first-order valence-electron chi connectivity index (χ1n) is 10.2. The number of aromatic nitrogens is 2. The summed E-state index contributed by atoms with van der Waals surface area (Å²) in [5.74, 6) is -0.0850. The van der Waals surface area contributed by atoms with Crippen LogP contribution in [0.25, 0.3) is 22.0 Å². The van der Waals surface area contributed by atoms with Crippen LogP contribution >= 0.6 is 0 Å². The maximum atomic E-state index is 13.0. The van der Waals surface area contributed by atoms with Crippen LogP contribution in [0.5, 0.6) is 0 Å². The predicted octanol–water partition coefficient (Wildman–Crippen LogP) is 3.27. The molecule has 2 saturated heterocycles. The van der Waals surface area contributed by atoms with Gasteiger partial charge < -0.3 is 19.7 Å². The van der Waals surface area contributed by atoms with Crippen LogP contribution in [0, 0.1) is 0 Å². The number of piperidine rings is 2. The Hall–Kier alpha value is -3.13. The van der Waals surface area contributed by atoms with Gasteiger partial charge in [-0.25, -0.2) is 0 Å². The highest BCUT2D eigenvalue weighted by Gasteiger charge is 2.36. The van der Waals surface area contributed by atoms with Gasteiger partial charge in [0.25, 0.3) is 12.4 Å². The van der Waals surface area contributed by atoms with E-state index >= 15 is 0 Å². The lowest BCUT2D eigenvalue weighted by molar-refractivity contribution is -0.122. The first kappa shape index (κ1) is 20.2. The fourth-order valence-electron chi connectivity index (χ4n) is 4.78. The van der Waals surface area contributed by atoms with Gasteiger partial charge in [0.05, 0.1) is 18.0 Å². The zero-order valence-electron chi connectivity index (χ0n) is 16.9. The van der Waals surface area contributed by atoms with Gasteiger partial charge in [-0.1, -0.05) is 12.5 Å². The van der Waals surface area contributed by atoms with E-state index in [4.69, 9.17) is 14.3 Å². The summed E-state index contributed by atoms with van der Waals surface area (Å²) in [6.07, 6.45) is 9.19. The summed E-state index contributed by atoms with van der Waals surface area (Å²) in [6, 6.07) is 9.29. The third-order valence-electron chi connectivity index (χ3n) is 6.31. The van der Waals surface area contributed by atoms with Gasteiger partial charge in [0.2, 0.25) is 0 Å². The van der Waals surface area contributed by atoms with E-state index in [9.17, 15) is 4.79 Å². The molecule has 8 nitrogen and oxygen atoms in total. The van der Waals surface area contributed by atoms with Crippen LogP contribution in [0.3, 0.4) is 0 Å². The number of furan rings is 1. The Kier molecular flexibility index (Phi) is 5.85. The molecule has 158 valence electrons. The summed E-state index contributed by atoms with van der Waals surface area (Å²) in [5, 5.41) is 18.3. The maximum absolute atomic E-state index is 13.0. The Labute approximate surface area is 174 Å². The molecule has 3 aromatic rings. The molecule has 2 bridgehead atoms. The van der Waals surface area contributed by atoms with Crippen molar-refractivity contribution in [3.8, 4) is 11.1 Å². The lowest BCUT2D eigenvalue weighted by Crippen LogP contribution is -2.55. The number of carbonyl (C=O) groups is 2. The summed E-state index contributed by atoms with van der Waals surface area (Å²) >= 11 is 0. The number of hydrogen-bond donors (Lipinski definition) is 3. The van der Waals surface area contributed by atoms with E-state index in [1.165, 1.54) is 19.3 Å². The molecule has 1 aromatic carbocycles. The summed E-state index contributed by atoms with van der Waals surface area (Å²) in [4.78, 5) is 23.8. The molecule has 3 N–H and O–H groups in total. The van der Waals surface area contributed by atoms with Gasteiger partial charge in [0.1, 0.15) is 0 Å². The molecule has 8 heteroatoms. The molecular weight excluding hydrogens is 384 g/mol. The standard InChI is InChI=1S/C21H24N4O2.CH2O2/c1-25-16-3-2-4-17(25)11-15(10-16)22-21(26)20-18-9-13(14-7-8-27-12-14)5-6-19(18)23-24-20;2-1-3/h5-9,12,15-17H,2-4,10-11H2,1H3,(H,22,26)(H,23,24);1H,(H,2,3). The molecule has 1 amide bonds. The second-order valence-corrected chi connectivity index (χ2v) is 8.00. The molecule has 2 unspecified atom stereocenters. The lowest BCUT2D eigenvalue weighted by atomic mass is 9.82. The zero-order chi connectivity index (χ0) is 21.1. The smallest absolute Gasteiger partial charge is 0.290 e. The molecule has 2 aliphatic rings. The monoisotopic (exact) mass is 410 g/mol. The number of nitrogens with one attached hydrogen (secondary N) is 2. The van der Waals surface area contributed by atoms with Gasteiger partial charge in [0, 0.05) is 29.1 Å². The first-order valence-corrected chi connectivity index (χ1v) is 10.2. The van der Waals surface area contributed by atoms with Gasteiger partial charge >= 0.3 is 0 Å². The van der Waals surface area contributed by atoms with E-state index in [1.807, 2.05) is 24.3 Å². The van der Waals surface area contributed by atoms with E-state index in [0.29, 0.717) is 17.8 Å². The minimum Gasteiger partial charge on any atom is -0.483 e. The largest absolute Gasteiger partial charge is 0.483 e. The van der Waals surface area contributed by atoms with Crippen molar-refractivity contribution in [2.45, 2.75) is 50.2 Å². The van der Waals surface area contributed by atoms with Crippen molar-refractivity contribution >= 4 is 23.3 Å². The Morgan fingerprint density at radius 2 is 2.00 bits per heavy atom. The van der Waals surface area contributed by atoms with Crippen molar-refractivity contribution in [1.29, 1.82) is 0 Å². The molecule has 30 heavy (non-hydrogen) atoms. The molecule has 2 fully saturated rings. The van der Waals surface area contributed by atoms with Crippen LogP contribution in [0.4, 0.5) is 0 Å². The number of fused-ring (bicyclic) bond motifs is 3. The first-order chi connectivity index (χ1) is 14.6. The molecule has 2 aliphatic heterocycles. The number of aromatic amines is 1.